The van der Waals surface area contributed by atoms with Gasteiger partial charge in [-0.2, -0.15) is 0 Å². The van der Waals surface area contributed by atoms with Crippen molar-refractivity contribution in [1.29, 1.82) is 0 Å². The monoisotopic (exact) mass is 363 g/mol. The van der Waals surface area contributed by atoms with Crippen molar-refractivity contribution < 1.29 is 9.90 Å². The fourth-order valence-electron chi connectivity index (χ4n) is 1.28. The topological polar surface area (TPSA) is 49.3 Å². The number of rotatable bonds is 4. The summed E-state index contributed by atoms with van der Waals surface area (Å²) in [6.45, 7) is 3.80. The Bertz CT molecular complexity index is 417. The molecular weight excluding hydrogens is 350 g/mol. The van der Waals surface area contributed by atoms with Crippen molar-refractivity contribution in [2.45, 2.75) is 19.4 Å². The summed E-state index contributed by atoms with van der Waals surface area (Å²) in [5.41, 5.74) is 0.859. The number of aromatic hydroxyl groups is 1. The second-order valence-electron chi connectivity index (χ2n) is 4.30. The zero-order chi connectivity index (χ0) is 13.1. The standard InChI is InChI=1S/C12H15Br2NO2/c1-8-3-4-10(16)9(5-8)11(17)15-12(2,6-13)7-14/h3-5,16H,6-7H2,1-2H3,(H,15,17). The van der Waals surface area contributed by atoms with E-state index in [1.54, 1.807) is 12.1 Å². The number of hydrogen-bond donors (Lipinski definition) is 2. The van der Waals surface area contributed by atoms with E-state index >= 15 is 0 Å². The van der Waals surface area contributed by atoms with Crippen molar-refractivity contribution in [2.24, 2.45) is 0 Å². The molecule has 0 saturated carbocycles. The van der Waals surface area contributed by atoms with Crippen molar-refractivity contribution in [3.8, 4) is 5.75 Å². The van der Waals surface area contributed by atoms with Crippen LogP contribution in [0.15, 0.2) is 18.2 Å². The molecule has 0 saturated heterocycles. The van der Waals surface area contributed by atoms with Gasteiger partial charge in [0.15, 0.2) is 0 Å². The summed E-state index contributed by atoms with van der Waals surface area (Å²) in [5.74, 6) is -0.271. The first-order chi connectivity index (χ1) is 7.91. The van der Waals surface area contributed by atoms with Crippen molar-refractivity contribution in [1.82, 2.24) is 5.32 Å². The number of halogens is 2. The van der Waals surface area contributed by atoms with Crippen LogP contribution in [-0.4, -0.2) is 27.2 Å². The third kappa shape index (κ3) is 3.71. The fourth-order valence-corrected chi connectivity index (χ4v) is 2.48. The molecule has 0 bridgehead atoms. The molecule has 0 radical (unpaired) electrons. The van der Waals surface area contributed by atoms with E-state index in [0.29, 0.717) is 16.2 Å². The summed E-state index contributed by atoms with van der Waals surface area (Å²) < 4.78 is 0. The highest BCUT2D eigenvalue weighted by atomic mass is 79.9. The largest absolute Gasteiger partial charge is 0.507 e. The maximum atomic E-state index is 12.0. The molecule has 1 rings (SSSR count). The van der Waals surface area contributed by atoms with Crippen LogP contribution in [0.3, 0.4) is 0 Å². The second kappa shape index (κ2) is 5.87. The highest BCUT2D eigenvalue weighted by Crippen LogP contribution is 2.20. The first-order valence-electron chi connectivity index (χ1n) is 5.16. The zero-order valence-electron chi connectivity index (χ0n) is 9.76. The fraction of sp³-hybridized carbons (Fsp3) is 0.417. The summed E-state index contributed by atoms with van der Waals surface area (Å²) >= 11 is 6.72. The molecule has 94 valence electrons. The van der Waals surface area contributed by atoms with Gasteiger partial charge < -0.3 is 10.4 Å². The maximum absolute atomic E-state index is 12.0. The van der Waals surface area contributed by atoms with Gasteiger partial charge in [-0.25, -0.2) is 0 Å². The molecule has 0 spiro atoms. The van der Waals surface area contributed by atoms with Crippen LogP contribution in [0.4, 0.5) is 0 Å². The number of alkyl halides is 2. The molecule has 17 heavy (non-hydrogen) atoms. The first-order valence-corrected chi connectivity index (χ1v) is 7.40. The van der Waals surface area contributed by atoms with Gasteiger partial charge in [-0.05, 0) is 26.0 Å². The third-order valence-corrected chi connectivity index (χ3v) is 4.88. The molecule has 0 unspecified atom stereocenters. The normalized spacial score (nSPS) is 11.3. The molecule has 0 aliphatic rings. The predicted molar refractivity (Wildman–Crippen MR) is 76.3 cm³/mol. The number of nitrogens with one attached hydrogen (secondary N) is 1. The van der Waals surface area contributed by atoms with Crippen LogP contribution in [0.25, 0.3) is 0 Å². The zero-order valence-corrected chi connectivity index (χ0v) is 12.9. The van der Waals surface area contributed by atoms with Crippen LogP contribution in [0.2, 0.25) is 0 Å². The molecule has 0 fully saturated rings. The molecule has 5 heteroatoms. The average Bonchev–Trinajstić information content (AvgIpc) is 2.32. The number of benzene rings is 1. The van der Waals surface area contributed by atoms with Gasteiger partial charge in [0.2, 0.25) is 0 Å². The van der Waals surface area contributed by atoms with Crippen LogP contribution in [0, 0.1) is 6.92 Å². The second-order valence-corrected chi connectivity index (χ2v) is 5.42. The van der Waals surface area contributed by atoms with Crippen molar-refractivity contribution in [3.05, 3.63) is 29.3 Å². The Morgan fingerprint density at radius 3 is 2.53 bits per heavy atom. The maximum Gasteiger partial charge on any atom is 0.255 e. The van der Waals surface area contributed by atoms with Gasteiger partial charge in [-0.15, -0.1) is 0 Å². The number of carbonyl (C=O) groups excluding carboxylic acids is 1. The summed E-state index contributed by atoms with van der Waals surface area (Å²) in [6.07, 6.45) is 0. The van der Waals surface area contributed by atoms with E-state index in [1.165, 1.54) is 6.07 Å². The highest BCUT2D eigenvalue weighted by Gasteiger charge is 2.25. The minimum Gasteiger partial charge on any atom is -0.507 e. The minimum absolute atomic E-state index is 0.000375. The Morgan fingerprint density at radius 2 is 2.00 bits per heavy atom. The van der Waals surface area contributed by atoms with E-state index in [9.17, 15) is 9.90 Å². The van der Waals surface area contributed by atoms with E-state index in [4.69, 9.17) is 0 Å². The molecule has 1 aromatic carbocycles. The van der Waals surface area contributed by atoms with E-state index in [2.05, 4.69) is 37.2 Å². The summed E-state index contributed by atoms with van der Waals surface area (Å²) in [4.78, 5) is 12.0. The van der Waals surface area contributed by atoms with Crippen LogP contribution in [-0.2, 0) is 0 Å². The molecule has 0 aromatic heterocycles. The van der Waals surface area contributed by atoms with Crippen LogP contribution >= 0.6 is 31.9 Å². The molecule has 0 atom stereocenters. The first kappa shape index (κ1) is 14.5. The summed E-state index contributed by atoms with van der Waals surface area (Å²) in [5, 5.41) is 13.8. The number of amides is 1. The molecular formula is C12H15Br2NO2. The molecule has 0 heterocycles. The van der Waals surface area contributed by atoms with Gasteiger partial charge in [0.05, 0.1) is 11.1 Å². The third-order valence-electron chi connectivity index (χ3n) is 2.40. The SMILES string of the molecule is Cc1ccc(O)c(C(=O)NC(C)(CBr)CBr)c1. The molecule has 0 aliphatic carbocycles. The van der Waals surface area contributed by atoms with Crippen LogP contribution < -0.4 is 5.32 Å². The number of carbonyl (C=O) groups is 1. The van der Waals surface area contributed by atoms with Crippen molar-refractivity contribution in [3.63, 3.8) is 0 Å². The minimum atomic E-state index is -0.382. The number of phenolic OH excluding ortho intramolecular Hbond substituents is 1. The Labute approximate surface area is 118 Å². The lowest BCUT2D eigenvalue weighted by Gasteiger charge is -2.26. The Balaban J connectivity index is 2.94. The molecule has 1 aromatic rings. The smallest absolute Gasteiger partial charge is 0.255 e. The van der Waals surface area contributed by atoms with Crippen molar-refractivity contribution in [2.75, 3.05) is 10.7 Å². The molecule has 0 aliphatic heterocycles. The lowest BCUT2D eigenvalue weighted by atomic mass is 10.1. The molecule has 2 N–H and O–H groups in total. The van der Waals surface area contributed by atoms with Gasteiger partial charge in [0, 0.05) is 10.7 Å². The molecule has 3 nitrogen and oxygen atoms in total. The molecule has 1 amide bonds. The summed E-state index contributed by atoms with van der Waals surface area (Å²) in [6, 6.07) is 4.97. The highest BCUT2D eigenvalue weighted by molar-refractivity contribution is 9.09. The lowest BCUT2D eigenvalue weighted by molar-refractivity contribution is 0.0920. The van der Waals surface area contributed by atoms with Gasteiger partial charge in [-0.1, -0.05) is 43.5 Å². The van der Waals surface area contributed by atoms with E-state index in [0.717, 1.165) is 5.56 Å². The van der Waals surface area contributed by atoms with Crippen molar-refractivity contribution >= 4 is 37.8 Å². The quantitative estimate of drug-likeness (QED) is 0.807. The number of hydrogen-bond acceptors (Lipinski definition) is 2. The van der Waals surface area contributed by atoms with Gasteiger partial charge >= 0.3 is 0 Å². The van der Waals surface area contributed by atoms with Gasteiger partial charge in [0.1, 0.15) is 5.75 Å². The Hall–Kier alpha value is -0.550. The van der Waals surface area contributed by atoms with Crippen LogP contribution in [0.1, 0.15) is 22.8 Å². The van der Waals surface area contributed by atoms with E-state index < -0.39 is 0 Å². The predicted octanol–water partition coefficient (Wildman–Crippen LogP) is 2.98. The number of phenols is 1. The van der Waals surface area contributed by atoms with Gasteiger partial charge in [-0.3, -0.25) is 4.79 Å². The lowest BCUT2D eigenvalue weighted by Crippen LogP contribution is -2.48. The van der Waals surface area contributed by atoms with Gasteiger partial charge in [0.25, 0.3) is 5.91 Å². The average molecular weight is 365 g/mol. The number of aryl methyl sites for hydroxylation is 1. The Kier molecular flexibility index (Phi) is 5.01. The Morgan fingerprint density at radius 1 is 1.41 bits per heavy atom. The van der Waals surface area contributed by atoms with E-state index in [1.807, 2.05) is 13.8 Å². The van der Waals surface area contributed by atoms with Crippen LogP contribution in [0.5, 0.6) is 5.75 Å². The van der Waals surface area contributed by atoms with E-state index in [-0.39, 0.29) is 17.2 Å². The summed E-state index contributed by atoms with van der Waals surface area (Å²) in [7, 11) is 0.